The van der Waals surface area contributed by atoms with Crippen LogP contribution in [0.1, 0.15) is 213 Å². The summed E-state index contributed by atoms with van der Waals surface area (Å²) in [5.41, 5.74) is 0. The third kappa shape index (κ3) is 29.6. The van der Waals surface area contributed by atoms with Gasteiger partial charge in [0.2, 0.25) is 5.91 Å². The maximum absolute atomic E-state index is 13.0. The van der Waals surface area contributed by atoms with Crippen molar-refractivity contribution >= 4 is 5.91 Å². The van der Waals surface area contributed by atoms with E-state index in [0.29, 0.717) is 6.42 Å². The first kappa shape index (κ1) is 54.4. The van der Waals surface area contributed by atoms with Gasteiger partial charge in [0, 0.05) is 6.42 Å². The summed E-state index contributed by atoms with van der Waals surface area (Å²) in [6.45, 7) is 3.75. The van der Waals surface area contributed by atoms with Crippen molar-refractivity contribution in [2.45, 2.75) is 256 Å². The predicted molar refractivity (Wildman–Crippen MR) is 240 cm³/mol. The van der Waals surface area contributed by atoms with E-state index >= 15 is 0 Å². The van der Waals surface area contributed by atoms with Crippen LogP contribution in [-0.4, -0.2) is 87.5 Å². The summed E-state index contributed by atoms with van der Waals surface area (Å²) in [5, 5.41) is 54.2. The first-order valence-corrected chi connectivity index (χ1v) is 24.2. The number of aliphatic hydroxyl groups excluding tert-OH is 5. The van der Waals surface area contributed by atoms with Gasteiger partial charge in [0.1, 0.15) is 24.4 Å². The van der Waals surface area contributed by atoms with Crippen molar-refractivity contribution < 1.29 is 39.8 Å². The molecule has 0 bridgehead atoms. The van der Waals surface area contributed by atoms with E-state index in [4.69, 9.17) is 9.47 Å². The van der Waals surface area contributed by atoms with Gasteiger partial charge in [0.05, 0.1) is 25.4 Å². The molecule has 7 unspecified atom stereocenters. The molecule has 0 saturated carbocycles. The molecule has 9 heteroatoms. The van der Waals surface area contributed by atoms with Gasteiger partial charge in [-0.05, 0) is 57.8 Å². The minimum Gasteiger partial charge on any atom is -0.394 e. The Morgan fingerprint density at radius 2 is 0.983 bits per heavy atom. The summed E-state index contributed by atoms with van der Waals surface area (Å²) >= 11 is 0. The monoisotopic (exact) mass is 822 g/mol. The maximum Gasteiger partial charge on any atom is 0.220 e. The fraction of sp³-hybridized carbons (Fsp3) is 0.857. The number of rotatable bonds is 40. The van der Waals surface area contributed by atoms with Crippen LogP contribution in [0.15, 0.2) is 36.5 Å². The quantitative estimate of drug-likeness (QED) is 0.0264. The van der Waals surface area contributed by atoms with Crippen LogP contribution in [0.2, 0.25) is 0 Å². The predicted octanol–water partition coefficient (Wildman–Crippen LogP) is 10.5. The van der Waals surface area contributed by atoms with E-state index < -0.39 is 49.5 Å². The van der Waals surface area contributed by atoms with Gasteiger partial charge in [0.15, 0.2) is 6.29 Å². The van der Waals surface area contributed by atoms with E-state index in [2.05, 4.69) is 43.5 Å². The molecule has 9 nitrogen and oxygen atoms in total. The van der Waals surface area contributed by atoms with Crippen molar-refractivity contribution in [3.8, 4) is 0 Å². The molecular formula is C49H91NO8. The number of ether oxygens (including phenoxy) is 2. The number of allylic oxidation sites excluding steroid dienone is 5. The Labute approximate surface area is 355 Å². The van der Waals surface area contributed by atoms with Crippen molar-refractivity contribution in [2.75, 3.05) is 13.2 Å². The molecular weight excluding hydrogens is 731 g/mol. The lowest BCUT2D eigenvalue weighted by Gasteiger charge is -2.40. The average molecular weight is 822 g/mol. The number of carbonyl (C=O) groups is 1. The third-order valence-electron chi connectivity index (χ3n) is 11.4. The number of aliphatic hydroxyl groups is 5. The van der Waals surface area contributed by atoms with Crippen molar-refractivity contribution in [1.29, 1.82) is 0 Å². The molecule has 1 amide bonds. The van der Waals surface area contributed by atoms with E-state index in [0.717, 1.165) is 38.5 Å². The molecule has 1 saturated heterocycles. The van der Waals surface area contributed by atoms with E-state index in [9.17, 15) is 30.3 Å². The van der Waals surface area contributed by atoms with E-state index in [1.165, 1.54) is 154 Å². The van der Waals surface area contributed by atoms with Crippen LogP contribution in [-0.2, 0) is 14.3 Å². The van der Waals surface area contributed by atoms with E-state index in [1.807, 2.05) is 6.08 Å². The molecule has 7 atom stereocenters. The number of unbranched alkanes of at least 4 members (excludes halogenated alkanes) is 26. The van der Waals surface area contributed by atoms with Crippen LogP contribution in [0.25, 0.3) is 0 Å². The second-order valence-corrected chi connectivity index (χ2v) is 16.9. The molecule has 0 aliphatic carbocycles. The first-order chi connectivity index (χ1) is 28.3. The van der Waals surface area contributed by atoms with Crippen LogP contribution >= 0.6 is 0 Å². The van der Waals surface area contributed by atoms with Crippen molar-refractivity contribution in [3.63, 3.8) is 0 Å². The molecule has 0 aromatic carbocycles. The highest BCUT2D eigenvalue weighted by atomic mass is 16.7. The van der Waals surface area contributed by atoms with Crippen LogP contribution in [0.4, 0.5) is 0 Å². The lowest BCUT2D eigenvalue weighted by Crippen LogP contribution is -2.60. The first-order valence-electron chi connectivity index (χ1n) is 24.2. The average Bonchev–Trinajstić information content (AvgIpc) is 3.22. The summed E-state index contributed by atoms with van der Waals surface area (Å²) in [6, 6.07) is -0.820. The van der Waals surface area contributed by atoms with Crippen molar-refractivity contribution in [2.24, 2.45) is 0 Å². The minimum atomic E-state index is -1.57. The molecule has 58 heavy (non-hydrogen) atoms. The van der Waals surface area contributed by atoms with Crippen LogP contribution in [0, 0.1) is 0 Å². The fourth-order valence-corrected chi connectivity index (χ4v) is 7.52. The molecule has 0 spiro atoms. The molecule has 6 N–H and O–H groups in total. The molecule has 340 valence electrons. The Kier molecular flexibility index (Phi) is 37.1. The van der Waals surface area contributed by atoms with Crippen LogP contribution < -0.4 is 5.32 Å². The van der Waals surface area contributed by atoms with Gasteiger partial charge >= 0.3 is 0 Å². The van der Waals surface area contributed by atoms with E-state index in [1.54, 1.807) is 6.08 Å². The molecule has 1 heterocycles. The number of carbonyl (C=O) groups excluding carboxylic acids is 1. The second-order valence-electron chi connectivity index (χ2n) is 16.9. The van der Waals surface area contributed by atoms with Crippen LogP contribution in [0.3, 0.4) is 0 Å². The molecule has 1 fully saturated rings. The van der Waals surface area contributed by atoms with E-state index in [-0.39, 0.29) is 12.5 Å². The lowest BCUT2D eigenvalue weighted by molar-refractivity contribution is -0.302. The van der Waals surface area contributed by atoms with Gasteiger partial charge in [-0.3, -0.25) is 4.79 Å². The SMILES string of the molecule is CCCCCCCCCC/C=C\CCCCCCCCCCCC(=O)NC(COC1OC(CO)C(O)C(O)C1O)C(O)/C=C/CC/C=C/CCCCCCCCCC. The summed E-state index contributed by atoms with van der Waals surface area (Å²) < 4.78 is 11.2. The Morgan fingerprint density at radius 3 is 1.45 bits per heavy atom. The zero-order valence-corrected chi connectivity index (χ0v) is 37.3. The van der Waals surface area contributed by atoms with Crippen molar-refractivity contribution in [1.82, 2.24) is 5.32 Å². The number of hydrogen-bond acceptors (Lipinski definition) is 8. The lowest BCUT2D eigenvalue weighted by atomic mass is 9.99. The summed E-state index contributed by atoms with van der Waals surface area (Å²) in [7, 11) is 0. The Morgan fingerprint density at radius 1 is 0.569 bits per heavy atom. The molecule has 0 aromatic rings. The maximum atomic E-state index is 13.0. The number of amides is 1. The van der Waals surface area contributed by atoms with Crippen molar-refractivity contribution in [3.05, 3.63) is 36.5 Å². The Hall–Kier alpha value is -1.59. The zero-order valence-electron chi connectivity index (χ0n) is 37.3. The standard InChI is InChI=1S/C49H91NO8/c1-3-5-7-9-11-13-15-17-19-20-21-22-23-24-25-27-29-31-33-35-37-39-45(53)50-42(41-57-49-48(56)47(55)46(54)44(40-51)58-49)43(52)38-36-34-32-30-28-26-18-16-14-12-10-8-6-4-2/h20-21,28,30,36,38,42-44,46-49,51-52,54-56H,3-19,22-27,29,31-35,37,39-41H2,1-2H3,(H,50,53)/b21-20-,30-28+,38-36+. The highest BCUT2D eigenvalue weighted by molar-refractivity contribution is 5.76. The Balaban J connectivity index is 2.32. The summed E-state index contributed by atoms with van der Waals surface area (Å²) in [4.78, 5) is 13.0. The van der Waals surface area contributed by atoms with Gasteiger partial charge < -0.3 is 40.3 Å². The Bertz CT molecular complexity index is 1000. The second kappa shape index (κ2) is 39.5. The molecule has 1 aliphatic rings. The fourth-order valence-electron chi connectivity index (χ4n) is 7.52. The highest BCUT2D eigenvalue weighted by Crippen LogP contribution is 2.22. The highest BCUT2D eigenvalue weighted by Gasteiger charge is 2.44. The molecule has 1 rings (SSSR count). The number of nitrogens with one attached hydrogen (secondary N) is 1. The van der Waals surface area contributed by atoms with Gasteiger partial charge in [-0.15, -0.1) is 0 Å². The number of hydrogen-bond donors (Lipinski definition) is 6. The molecule has 0 aromatic heterocycles. The van der Waals surface area contributed by atoms with Gasteiger partial charge in [-0.1, -0.05) is 185 Å². The smallest absolute Gasteiger partial charge is 0.220 e. The normalized spacial score (nSPS) is 21.1. The molecule has 1 aliphatic heterocycles. The topological polar surface area (TPSA) is 149 Å². The largest absolute Gasteiger partial charge is 0.394 e. The van der Waals surface area contributed by atoms with Gasteiger partial charge in [0.25, 0.3) is 0 Å². The van der Waals surface area contributed by atoms with Gasteiger partial charge in [-0.25, -0.2) is 0 Å². The third-order valence-corrected chi connectivity index (χ3v) is 11.4. The zero-order chi connectivity index (χ0) is 42.3. The molecule has 0 radical (unpaired) electrons. The summed E-state index contributed by atoms with van der Waals surface area (Å²) in [5.74, 6) is -0.189. The van der Waals surface area contributed by atoms with Gasteiger partial charge in [-0.2, -0.15) is 0 Å². The summed E-state index contributed by atoms with van der Waals surface area (Å²) in [6.07, 6.45) is 41.9. The minimum absolute atomic E-state index is 0.189. The van der Waals surface area contributed by atoms with Crippen LogP contribution in [0.5, 0.6) is 0 Å².